The molecule has 0 spiro atoms. The molecule has 0 aliphatic heterocycles. The van der Waals surface area contributed by atoms with Crippen LogP contribution in [0, 0.1) is 6.92 Å². The molecule has 0 saturated heterocycles. The zero-order valence-corrected chi connectivity index (χ0v) is 10.4. The lowest BCUT2D eigenvalue weighted by Crippen LogP contribution is -1.86. The molecule has 72 valence electrons. The average Bonchev–Trinajstić information content (AvgIpc) is 2.07. The van der Waals surface area contributed by atoms with Gasteiger partial charge >= 0.3 is 0 Å². The molecule has 0 saturated carbocycles. The van der Waals surface area contributed by atoms with E-state index < -0.39 is 0 Å². The van der Waals surface area contributed by atoms with Gasteiger partial charge < -0.3 is 0 Å². The smallest absolute Gasteiger partial charge is 0.0863 e. The highest BCUT2D eigenvalue weighted by atomic mass is 79.9. The maximum atomic E-state index is 6.09. The highest BCUT2D eigenvalue weighted by Gasteiger charge is 2.06. The molecule has 0 aliphatic rings. The van der Waals surface area contributed by atoms with Crippen LogP contribution in [0.25, 0.3) is 10.9 Å². The maximum Gasteiger partial charge on any atom is 0.0863 e. The molecule has 0 fully saturated rings. The van der Waals surface area contributed by atoms with Crippen molar-refractivity contribution in [1.82, 2.24) is 4.98 Å². The topological polar surface area (TPSA) is 12.9 Å². The van der Waals surface area contributed by atoms with Crippen LogP contribution in [0.4, 0.5) is 0 Å². The first-order valence-corrected chi connectivity index (χ1v) is 5.55. The molecule has 2 aromatic rings. The van der Waals surface area contributed by atoms with Crippen molar-refractivity contribution in [3.8, 4) is 0 Å². The van der Waals surface area contributed by atoms with Crippen LogP contribution in [-0.2, 0) is 0 Å². The number of hydrogen-bond acceptors (Lipinski definition) is 1. The minimum Gasteiger partial charge on any atom is -0.252 e. The Bertz CT molecular complexity index is 464. The van der Waals surface area contributed by atoms with Crippen molar-refractivity contribution >= 4 is 50.0 Å². The second-order valence-electron chi connectivity index (χ2n) is 3.03. The summed E-state index contributed by atoms with van der Waals surface area (Å²) < 4.78 is 0.866. The third-order valence-corrected chi connectivity index (χ3v) is 3.04. The average molecular weight is 291 g/mol. The normalized spacial score (nSPS) is 10.9. The van der Waals surface area contributed by atoms with Gasteiger partial charge in [0.1, 0.15) is 0 Å². The zero-order valence-electron chi connectivity index (χ0n) is 7.31. The predicted octanol–water partition coefficient (Wildman–Crippen LogP) is 4.61. The van der Waals surface area contributed by atoms with E-state index in [9.17, 15) is 0 Å². The monoisotopic (exact) mass is 289 g/mol. The fourth-order valence-electron chi connectivity index (χ4n) is 1.33. The van der Waals surface area contributed by atoms with Crippen molar-refractivity contribution in [1.29, 1.82) is 0 Å². The third-order valence-electron chi connectivity index (χ3n) is 1.91. The van der Waals surface area contributed by atoms with Gasteiger partial charge in [-0.1, -0.05) is 23.2 Å². The van der Waals surface area contributed by atoms with E-state index in [2.05, 4.69) is 20.9 Å². The first-order chi connectivity index (χ1) is 6.58. The molecule has 2 rings (SSSR count). The van der Waals surface area contributed by atoms with Crippen LogP contribution in [-0.4, -0.2) is 4.98 Å². The number of pyridine rings is 1. The van der Waals surface area contributed by atoms with Gasteiger partial charge in [0.05, 0.1) is 10.5 Å². The highest BCUT2D eigenvalue weighted by molar-refractivity contribution is 9.10. The van der Waals surface area contributed by atoms with Crippen LogP contribution < -0.4 is 0 Å². The van der Waals surface area contributed by atoms with Gasteiger partial charge in [-0.05, 0) is 41.1 Å². The summed E-state index contributed by atoms with van der Waals surface area (Å²) >= 11 is 15.4. The van der Waals surface area contributed by atoms with Crippen molar-refractivity contribution < 1.29 is 0 Å². The summed E-state index contributed by atoms with van der Waals surface area (Å²) in [6.45, 7) is 1.91. The van der Waals surface area contributed by atoms with Crippen LogP contribution in [0.3, 0.4) is 0 Å². The van der Waals surface area contributed by atoms with E-state index in [1.807, 2.05) is 25.1 Å². The van der Waals surface area contributed by atoms with Gasteiger partial charge in [-0.25, -0.2) is 0 Å². The Morgan fingerprint density at radius 2 is 1.93 bits per heavy atom. The van der Waals surface area contributed by atoms with Crippen LogP contribution in [0.15, 0.2) is 22.7 Å². The SMILES string of the molecule is Cc1cc(Cl)c2cc(Cl)cc(Br)c2n1. The lowest BCUT2D eigenvalue weighted by Gasteiger charge is -2.04. The largest absolute Gasteiger partial charge is 0.252 e. The second kappa shape index (κ2) is 3.69. The summed E-state index contributed by atoms with van der Waals surface area (Å²) in [5.74, 6) is 0. The first kappa shape index (κ1) is 10.2. The molecule has 0 amide bonds. The fourth-order valence-corrected chi connectivity index (χ4v) is 2.53. The summed E-state index contributed by atoms with van der Waals surface area (Å²) in [5, 5.41) is 2.20. The Labute approximate surface area is 100 Å². The van der Waals surface area contributed by atoms with Gasteiger partial charge in [-0.15, -0.1) is 0 Å². The first-order valence-electron chi connectivity index (χ1n) is 4.00. The van der Waals surface area contributed by atoms with Crippen LogP contribution in [0.5, 0.6) is 0 Å². The second-order valence-corrected chi connectivity index (χ2v) is 4.73. The van der Waals surface area contributed by atoms with Gasteiger partial charge in [0.2, 0.25) is 0 Å². The molecular weight excluding hydrogens is 285 g/mol. The lowest BCUT2D eigenvalue weighted by molar-refractivity contribution is 1.25. The van der Waals surface area contributed by atoms with E-state index in [0.29, 0.717) is 10.0 Å². The summed E-state index contributed by atoms with van der Waals surface area (Å²) in [5.41, 5.74) is 1.74. The molecular formula is C10H6BrCl2N. The summed E-state index contributed by atoms with van der Waals surface area (Å²) in [4.78, 5) is 4.39. The van der Waals surface area contributed by atoms with Gasteiger partial charge in [-0.2, -0.15) is 0 Å². The molecule has 0 atom stereocenters. The van der Waals surface area contributed by atoms with E-state index in [0.717, 1.165) is 21.1 Å². The molecule has 1 heterocycles. The van der Waals surface area contributed by atoms with Gasteiger partial charge in [0.25, 0.3) is 0 Å². The number of rotatable bonds is 0. The van der Waals surface area contributed by atoms with E-state index in [1.54, 1.807) is 0 Å². The summed E-state index contributed by atoms with van der Waals surface area (Å²) in [7, 11) is 0. The Morgan fingerprint density at radius 3 is 2.64 bits per heavy atom. The summed E-state index contributed by atoms with van der Waals surface area (Å²) in [6, 6.07) is 5.45. The molecule has 1 aromatic carbocycles. The molecule has 0 aliphatic carbocycles. The predicted molar refractivity (Wildman–Crippen MR) is 64.2 cm³/mol. The van der Waals surface area contributed by atoms with Crippen molar-refractivity contribution in [3.05, 3.63) is 38.4 Å². The number of aryl methyl sites for hydroxylation is 1. The number of nitrogens with zero attached hydrogens (tertiary/aromatic N) is 1. The fraction of sp³-hybridized carbons (Fsp3) is 0.100. The van der Waals surface area contributed by atoms with Crippen molar-refractivity contribution in [2.24, 2.45) is 0 Å². The molecule has 0 unspecified atom stereocenters. The van der Waals surface area contributed by atoms with Crippen molar-refractivity contribution in [2.45, 2.75) is 6.92 Å². The van der Waals surface area contributed by atoms with E-state index in [4.69, 9.17) is 23.2 Å². The van der Waals surface area contributed by atoms with E-state index in [-0.39, 0.29) is 0 Å². The Balaban J connectivity index is 2.94. The Hall–Kier alpha value is -0.310. The third kappa shape index (κ3) is 1.74. The molecule has 14 heavy (non-hydrogen) atoms. The highest BCUT2D eigenvalue weighted by Crippen LogP contribution is 2.31. The number of fused-ring (bicyclic) bond motifs is 1. The van der Waals surface area contributed by atoms with Gasteiger partial charge in [0.15, 0.2) is 0 Å². The van der Waals surface area contributed by atoms with Crippen LogP contribution >= 0.6 is 39.1 Å². The number of benzene rings is 1. The van der Waals surface area contributed by atoms with Crippen LogP contribution in [0.1, 0.15) is 5.69 Å². The number of aromatic nitrogens is 1. The standard InChI is InChI=1S/C10H6BrCl2N/c1-5-2-9(13)7-3-6(12)4-8(11)10(7)14-5/h2-4H,1H3. The minimum absolute atomic E-state index is 0.650. The number of halogens is 3. The minimum atomic E-state index is 0.650. The van der Waals surface area contributed by atoms with Crippen LogP contribution in [0.2, 0.25) is 10.0 Å². The Kier molecular flexibility index (Phi) is 2.69. The summed E-state index contributed by atoms with van der Waals surface area (Å²) in [6.07, 6.45) is 0. The van der Waals surface area contributed by atoms with E-state index in [1.165, 1.54) is 0 Å². The number of hydrogen-bond donors (Lipinski definition) is 0. The van der Waals surface area contributed by atoms with Crippen molar-refractivity contribution in [2.75, 3.05) is 0 Å². The molecule has 0 bridgehead atoms. The van der Waals surface area contributed by atoms with Gasteiger partial charge in [-0.3, -0.25) is 4.98 Å². The Morgan fingerprint density at radius 1 is 1.21 bits per heavy atom. The molecule has 1 aromatic heterocycles. The van der Waals surface area contributed by atoms with Crippen molar-refractivity contribution in [3.63, 3.8) is 0 Å². The molecule has 4 heteroatoms. The lowest BCUT2D eigenvalue weighted by atomic mass is 10.2. The van der Waals surface area contributed by atoms with Gasteiger partial charge in [0, 0.05) is 20.6 Å². The van der Waals surface area contributed by atoms with E-state index >= 15 is 0 Å². The maximum absolute atomic E-state index is 6.09. The molecule has 0 radical (unpaired) electrons. The molecule has 0 N–H and O–H groups in total. The quantitative estimate of drug-likeness (QED) is 0.690. The zero-order chi connectivity index (χ0) is 10.3. The molecule has 1 nitrogen and oxygen atoms in total.